The minimum atomic E-state index is -0.720. The van der Waals surface area contributed by atoms with Crippen LogP contribution in [0.1, 0.15) is 41.3 Å². The number of benzene rings is 2. The van der Waals surface area contributed by atoms with Crippen LogP contribution in [0.2, 0.25) is 0 Å². The van der Waals surface area contributed by atoms with Crippen molar-refractivity contribution >= 4 is 39.3 Å². The van der Waals surface area contributed by atoms with E-state index in [9.17, 15) is 14.4 Å². The van der Waals surface area contributed by atoms with Crippen molar-refractivity contribution in [3.05, 3.63) is 74.4 Å². The Bertz CT molecular complexity index is 1290. The summed E-state index contributed by atoms with van der Waals surface area (Å²) in [6.07, 6.45) is 0. The fourth-order valence-corrected chi connectivity index (χ4v) is 5.00. The summed E-state index contributed by atoms with van der Waals surface area (Å²) in [7, 11) is 2.77. The summed E-state index contributed by atoms with van der Waals surface area (Å²) in [5.74, 6) is -1.33. The third-order valence-corrected chi connectivity index (χ3v) is 6.47. The smallest absolute Gasteiger partial charge is 0.344 e. The molecule has 182 valence electrons. The lowest BCUT2D eigenvalue weighted by atomic mass is 9.79. The normalized spacial score (nSPS) is 16.4. The lowest BCUT2D eigenvalue weighted by molar-refractivity contribution is -0.145. The first-order chi connectivity index (χ1) is 16.8. The van der Waals surface area contributed by atoms with Gasteiger partial charge in [-0.3, -0.25) is 4.79 Å². The number of halogens is 1. The van der Waals surface area contributed by atoms with Gasteiger partial charge in [-0.2, -0.15) is 0 Å². The molecule has 8 nitrogen and oxygen atoms in total. The molecular weight excluding hydrogens is 518 g/mol. The van der Waals surface area contributed by atoms with E-state index in [0.717, 1.165) is 5.56 Å². The van der Waals surface area contributed by atoms with Gasteiger partial charge in [0.2, 0.25) is 0 Å². The fraction of sp³-hybridized carbons (Fsp3) is 0.269. The number of esters is 2. The standard InChI is InChI=1S/C26H24BrNO7/c1-5-34-19(29)12-35-25-17(27)10-14(11-18(25)32-3)21-20(26(31)33-4)13(2)28-23-15-8-6-7-9-16(15)24(30)22(21)23/h6-11,21,28H,5,12H2,1-4H3/t21-/m0/s1. The molecule has 1 atom stereocenters. The van der Waals surface area contributed by atoms with E-state index >= 15 is 0 Å². The van der Waals surface area contributed by atoms with Crippen LogP contribution >= 0.6 is 15.9 Å². The number of nitrogens with one attached hydrogen (secondary N) is 1. The molecule has 2 aromatic rings. The van der Waals surface area contributed by atoms with Crippen LogP contribution in [0, 0.1) is 0 Å². The van der Waals surface area contributed by atoms with Crippen molar-refractivity contribution in [1.82, 2.24) is 5.32 Å². The Kier molecular flexibility index (Phi) is 6.98. The number of methoxy groups -OCH3 is 2. The van der Waals surface area contributed by atoms with E-state index < -0.39 is 17.9 Å². The second-order valence-corrected chi connectivity index (χ2v) is 8.73. The maximum Gasteiger partial charge on any atom is 0.344 e. The van der Waals surface area contributed by atoms with Crippen LogP contribution in [0.5, 0.6) is 11.5 Å². The average molecular weight is 542 g/mol. The predicted molar refractivity (Wildman–Crippen MR) is 131 cm³/mol. The van der Waals surface area contributed by atoms with Crippen molar-refractivity contribution in [2.45, 2.75) is 19.8 Å². The van der Waals surface area contributed by atoms with E-state index in [1.54, 1.807) is 38.1 Å². The topological polar surface area (TPSA) is 100 Å². The molecule has 1 heterocycles. The van der Waals surface area contributed by atoms with Gasteiger partial charge < -0.3 is 24.3 Å². The first-order valence-electron chi connectivity index (χ1n) is 10.9. The molecule has 0 saturated heterocycles. The lowest BCUT2D eigenvalue weighted by Crippen LogP contribution is -2.29. The number of rotatable bonds is 7. The van der Waals surface area contributed by atoms with Crippen molar-refractivity contribution in [2.75, 3.05) is 27.4 Å². The average Bonchev–Trinajstić information content (AvgIpc) is 3.13. The zero-order valence-electron chi connectivity index (χ0n) is 19.7. The zero-order valence-corrected chi connectivity index (χ0v) is 21.3. The number of ether oxygens (including phenoxy) is 4. The molecule has 35 heavy (non-hydrogen) atoms. The Morgan fingerprint density at radius 1 is 1.11 bits per heavy atom. The molecule has 1 aliphatic heterocycles. The molecule has 0 amide bonds. The molecule has 0 saturated carbocycles. The molecule has 0 aromatic heterocycles. The molecule has 2 aromatic carbocycles. The highest BCUT2D eigenvalue weighted by Crippen LogP contribution is 2.49. The van der Waals surface area contributed by atoms with Crippen molar-refractivity contribution in [3.63, 3.8) is 0 Å². The molecule has 9 heteroatoms. The van der Waals surface area contributed by atoms with Crippen molar-refractivity contribution in [3.8, 4) is 11.5 Å². The Morgan fingerprint density at radius 3 is 2.49 bits per heavy atom. The van der Waals surface area contributed by atoms with E-state index in [4.69, 9.17) is 18.9 Å². The highest BCUT2D eigenvalue weighted by atomic mass is 79.9. The number of dihydropyridines is 1. The minimum Gasteiger partial charge on any atom is -0.493 e. The number of allylic oxidation sites excluding steroid dienone is 2. The molecule has 4 rings (SSSR count). The Labute approximate surface area is 211 Å². The van der Waals surface area contributed by atoms with Gasteiger partial charge in [-0.25, -0.2) is 9.59 Å². The van der Waals surface area contributed by atoms with Gasteiger partial charge in [0.25, 0.3) is 0 Å². The van der Waals surface area contributed by atoms with Crippen LogP contribution in [0.15, 0.2) is 57.7 Å². The summed E-state index contributed by atoms with van der Waals surface area (Å²) in [6, 6.07) is 10.8. The summed E-state index contributed by atoms with van der Waals surface area (Å²) in [6.45, 7) is 3.43. The van der Waals surface area contributed by atoms with Crippen LogP contribution in [-0.4, -0.2) is 45.2 Å². The molecule has 1 N–H and O–H groups in total. The molecule has 1 aliphatic carbocycles. The third-order valence-electron chi connectivity index (χ3n) is 5.88. The highest BCUT2D eigenvalue weighted by molar-refractivity contribution is 9.10. The van der Waals surface area contributed by atoms with Crippen molar-refractivity contribution in [1.29, 1.82) is 0 Å². The first kappa shape index (κ1) is 24.5. The van der Waals surface area contributed by atoms with Crippen LogP contribution < -0.4 is 14.8 Å². The summed E-state index contributed by atoms with van der Waals surface area (Å²) in [5.41, 5.74) is 3.98. The summed E-state index contributed by atoms with van der Waals surface area (Å²) < 4.78 is 21.7. The Morgan fingerprint density at radius 2 is 1.83 bits per heavy atom. The van der Waals surface area contributed by atoms with Crippen molar-refractivity contribution in [2.24, 2.45) is 0 Å². The Balaban J connectivity index is 1.84. The molecule has 0 radical (unpaired) electrons. The molecule has 0 bridgehead atoms. The van der Waals surface area contributed by atoms with Gasteiger partial charge in [-0.1, -0.05) is 24.3 Å². The van der Waals surface area contributed by atoms with Gasteiger partial charge >= 0.3 is 11.9 Å². The number of hydrogen-bond donors (Lipinski definition) is 1. The zero-order chi connectivity index (χ0) is 25.3. The molecule has 0 fully saturated rings. The molecule has 2 aliphatic rings. The minimum absolute atomic E-state index is 0.167. The van der Waals surface area contributed by atoms with Crippen LogP contribution in [-0.2, 0) is 19.1 Å². The van der Waals surface area contributed by atoms with Gasteiger partial charge in [-0.15, -0.1) is 0 Å². The van der Waals surface area contributed by atoms with Crippen LogP contribution in [0.4, 0.5) is 0 Å². The van der Waals surface area contributed by atoms with Gasteiger partial charge in [0.15, 0.2) is 23.9 Å². The van der Waals surface area contributed by atoms with E-state index in [-0.39, 0.29) is 19.0 Å². The van der Waals surface area contributed by atoms with Gasteiger partial charge in [0.05, 0.1) is 36.6 Å². The number of carbonyl (C=O) groups excluding carboxylic acids is 3. The van der Waals surface area contributed by atoms with E-state index in [1.807, 2.05) is 12.1 Å². The highest BCUT2D eigenvalue weighted by Gasteiger charge is 2.43. The second kappa shape index (κ2) is 9.95. The summed E-state index contributed by atoms with van der Waals surface area (Å²) >= 11 is 3.49. The Hall–Kier alpha value is -3.59. The van der Waals surface area contributed by atoms with Gasteiger partial charge in [0.1, 0.15) is 0 Å². The number of hydrogen-bond acceptors (Lipinski definition) is 8. The summed E-state index contributed by atoms with van der Waals surface area (Å²) in [4.78, 5) is 38.2. The lowest BCUT2D eigenvalue weighted by Gasteiger charge is -2.29. The fourth-order valence-electron chi connectivity index (χ4n) is 4.42. The monoisotopic (exact) mass is 541 g/mol. The summed E-state index contributed by atoms with van der Waals surface area (Å²) in [5, 5.41) is 3.25. The SMILES string of the molecule is CCOC(=O)COc1c(Br)cc([C@H]2C(C(=O)OC)=C(C)NC3=C2C(=O)c2ccccc23)cc1OC. The number of ketones is 1. The second-order valence-electron chi connectivity index (χ2n) is 7.88. The molecule has 0 unspecified atom stereocenters. The quantitative estimate of drug-likeness (QED) is 0.522. The number of carbonyl (C=O) groups is 3. The maximum atomic E-state index is 13.5. The van der Waals surface area contributed by atoms with Crippen LogP contribution in [0.3, 0.4) is 0 Å². The predicted octanol–water partition coefficient (Wildman–Crippen LogP) is 4.14. The van der Waals surface area contributed by atoms with Crippen LogP contribution in [0.25, 0.3) is 5.70 Å². The number of Topliss-reactive ketones (excluding diaryl/α,β-unsaturated/α-hetero) is 1. The van der Waals surface area contributed by atoms with Gasteiger partial charge in [-0.05, 0) is 47.5 Å². The maximum absolute atomic E-state index is 13.5. The van der Waals surface area contributed by atoms with E-state index in [0.29, 0.717) is 49.6 Å². The molecular formula is C26H24BrNO7. The van der Waals surface area contributed by atoms with Crippen molar-refractivity contribution < 1.29 is 33.3 Å². The van der Waals surface area contributed by atoms with E-state index in [1.165, 1.54) is 14.2 Å². The first-order valence-corrected chi connectivity index (χ1v) is 11.7. The molecule has 0 spiro atoms. The largest absolute Gasteiger partial charge is 0.493 e. The number of fused-ring (bicyclic) bond motifs is 2. The third kappa shape index (κ3) is 4.32. The van der Waals surface area contributed by atoms with Gasteiger partial charge in [0, 0.05) is 28.3 Å². The van der Waals surface area contributed by atoms with E-state index in [2.05, 4.69) is 21.2 Å².